The van der Waals surface area contributed by atoms with E-state index in [1.54, 1.807) is 19.2 Å². The molecule has 0 radical (unpaired) electrons. The highest BCUT2D eigenvalue weighted by Crippen LogP contribution is 2.24. The van der Waals surface area contributed by atoms with Gasteiger partial charge in [0.15, 0.2) is 0 Å². The molecule has 1 unspecified atom stereocenters. The molecule has 0 bridgehead atoms. The Kier molecular flexibility index (Phi) is 4.92. The lowest BCUT2D eigenvalue weighted by Gasteiger charge is -2.13. The van der Waals surface area contributed by atoms with Crippen molar-refractivity contribution in [3.05, 3.63) is 35.6 Å². The van der Waals surface area contributed by atoms with E-state index in [2.05, 4.69) is 0 Å². The number of aliphatic carboxylic acids is 1. The molecule has 1 N–H and O–H groups in total. The summed E-state index contributed by atoms with van der Waals surface area (Å²) < 4.78 is 18.3. The van der Waals surface area contributed by atoms with Crippen molar-refractivity contribution in [1.82, 2.24) is 0 Å². The average Bonchev–Trinajstić information content (AvgIpc) is 2.25. The van der Waals surface area contributed by atoms with Crippen LogP contribution in [-0.4, -0.2) is 24.8 Å². The number of hydrogen-bond donors (Lipinski definition) is 1. The summed E-state index contributed by atoms with van der Waals surface area (Å²) in [5.41, 5.74) is 0.242. The molecule has 1 aromatic rings. The van der Waals surface area contributed by atoms with Gasteiger partial charge >= 0.3 is 5.97 Å². The van der Waals surface area contributed by atoms with E-state index in [0.29, 0.717) is 19.4 Å². The van der Waals surface area contributed by atoms with Gasteiger partial charge in [-0.3, -0.25) is 4.79 Å². The highest BCUT2D eigenvalue weighted by molar-refractivity contribution is 5.76. The highest BCUT2D eigenvalue weighted by Gasteiger charge is 2.22. The maximum atomic E-state index is 13.4. The van der Waals surface area contributed by atoms with E-state index in [1.807, 2.05) is 0 Å². The second-order valence-corrected chi connectivity index (χ2v) is 3.55. The molecule has 0 saturated heterocycles. The lowest BCUT2D eigenvalue weighted by Crippen LogP contribution is -2.14. The molecular weight excluding hydrogens is 211 g/mol. The first kappa shape index (κ1) is 12.6. The third-order valence-electron chi connectivity index (χ3n) is 2.42. The van der Waals surface area contributed by atoms with Gasteiger partial charge in [0.2, 0.25) is 0 Å². The largest absolute Gasteiger partial charge is 0.481 e. The van der Waals surface area contributed by atoms with Gasteiger partial charge in [0.25, 0.3) is 0 Å². The van der Waals surface area contributed by atoms with Gasteiger partial charge in [-0.1, -0.05) is 18.2 Å². The monoisotopic (exact) mass is 226 g/mol. The van der Waals surface area contributed by atoms with Crippen LogP contribution in [0.3, 0.4) is 0 Å². The summed E-state index contributed by atoms with van der Waals surface area (Å²) in [7, 11) is 1.55. The molecule has 0 fully saturated rings. The van der Waals surface area contributed by atoms with E-state index in [9.17, 15) is 9.18 Å². The zero-order chi connectivity index (χ0) is 12.0. The number of carboxylic acid groups (broad SMARTS) is 1. The van der Waals surface area contributed by atoms with Gasteiger partial charge in [0, 0.05) is 19.3 Å². The molecule has 1 aromatic carbocycles. The number of methoxy groups -OCH3 is 1. The van der Waals surface area contributed by atoms with Crippen LogP contribution in [0, 0.1) is 5.82 Å². The quantitative estimate of drug-likeness (QED) is 0.758. The van der Waals surface area contributed by atoms with Gasteiger partial charge in [-0.15, -0.1) is 0 Å². The van der Waals surface area contributed by atoms with Crippen LogP contribution in [-0.2, 0) is 9.53 Å². The molecule has 16 heavy (non-hydrogen) atoms. The third kappa shape index (κ3) is 3.31. The predicted molar refractivity (Wildman–Crippen MR) is 57.9 cm³/mol. The Balaban J connectivity index is 2.78. The summed E-state index contributed by atoms with van der Waals surface area (Å²) >= 11 is 0. The lowest BCUT2D eigenvalue weighted by molar-refractivity contribution is -0.139. The molecule has 0 aliphatic heterocycles. The number of carboxylic acids is 1. The Morgan fingerprint density at radius 2 is 2.19 bits per heavy atom. The van der Waals surface area contributed by atoms with Crippen LogP contribution in [0.2, 0.25) is 0 Å². The fourth-order valence-corrected chi connectivity index (χ4v) is 1.60. The topological polar surface area (TPSA) is 46.5 Å². The van der Waals surface area contributed by atoms with Crippen molar-refractivity contribution in [3.8, 4) is 0 Å². The van der Waals surface area contributed by atoms with Crippen LogP contribution < -0.4 is 0 Å². The van der Waals surface area contributed by atoms with Crippen molar-refractivity contribution < 1.29 is 19.0 Å². The smallest absolute Gasteiger partial charge is 0.311 e. The van der Waals surface area contributed by atoms with Gasteiger partial charge in [-0.2, -0.15) is 0 Å². The fraction of sp³-hybridized carbons (Fsp3) is 0.417. The van der Waals surface area contributed by atoms with E-state index in [0.717, 1.165) is 0 Å². The first-order chi connectivity index (χ1) is 7.66. The number of benzene rings is 1. The number of halogens is 1. The first-order valence-corrected chi connectivity index (χ1v) is 5.13. The van der Waals surface area contributed by atoms with Gasteiger partial charge in [-0.05, 0) is 18.9 Å². The summed E-state index contributed by atoms with van der Waals surface area (Å²) in [5, 5.41) is 9.04. The predicted octanol–water partition coefficient (Wildman–Crippen LogP) is 2.42. The number of hydrogen-bond acceptors (Lipinski definition) is 2. The van der Waals surface area contributed by atoms with Gasteiger partial charge in [0.05, 0.1) is 5.92 Å². The molecule has 0 aromatic heterocycles. The van der Waals surface area contributed by atoms with E-state index in [1.165, 1.54) is 12.1 Å². The van der Waals surface area contributed by atoms with Crippen molar-refractivity contribution >= 4 is 5.97 Å². The van der Waals surface area contributed by atoms with Crippen LogP contribution in [0.5, 0.6) is 0 Å². The van der Waals surface area contributed by atoms with Crippen LogP contribution in [0.15, 0.2) is 24.3 Å². The van der Waals surface area contributed by atoms with Crippen LogP contribution in [0.25, 0.3) is 0 Å². The SMILES string of the molecule is COCCCC(C(=O)O)c1ccccc1F. The summed E-state index contributed by atoms with van der Waals surface area (Å²) in [6, 6.07) is 5.99. The summed E-state index contributed by atoms with van der Waals surface area (Å²) in [6.07, 6.45) is 0.978. The van der Waals surface area contributed by atoms with Crippen molar-refractivity contribution in [1.29, 1.82) is 0 Å². The molecule has 0 aliphatic rings. The van der Waals surface area contributed by atoms with Crippen LogP contribution >= 0.6 is 0 Å². The molecule has 1 atom stereocenters. The Bertz CT molecular complexity index is 352. The minimum absolute atomic E-state index is 0.242. The zero-order valence-corrected chi connectivity index (χ0v) is 9.15. The van der Waals surface area contributed by atoms with Crippen LogP contribution in [0.1, 0.15) is 24.3 Å². The Hall–Kier alpha value is -1.42. The molecule has 3 nitrogen and oxygen atoms in total. The molecule has 0 spiro atoms. The number of ether oxygens (including phenoxy) is 1. The first-order valence-electron chi connectivity index (χ1n) is 5.13. The Morgan fingerprint density at radius 1 is 1.50 bits per heavy atom. The highest BCUT2D eigenvalue weighted by atomic mass is 19.1. The fourth-order valence-electron chi connectivity index (χ4n) is 1.60. The molecule has 0 amide bonds. The molecule has 0 saturated carbocycles. The normalized spacial score (nSPS) is 12.4. The van der Waals surface area contributed by atoms with Crippen molar-refractivity contribution in [3.63, 3.8) is 0 Å². The van der Waals surface area contributed by atoms with Crippen molar-refractivity contribution in [2.24, 2.45) is 0 Å². The molecule has 88 valence electrons. The summed E-state index contributed by atoms with van der Waals surface area (Å²) in [6.45, 7) is 0.484. The van der Waals surface area contributed by atoms with Gasteiger partial charge in [-0.25, -0.2) is 4.39 Å². The molecule has 0 aliphatic carbocycles. The number of rotatable bonds is 6. The molecule has 0 heterocycles. The maximum Gasteiger partial charge on any atom is 0.311 e. The third-order valence-corrected chi connectivity index (χ3v) is 2.42. The Labute approximate surface area is 93.9 Å². The minimum Gasteiger partial charge on any atom is -0.481 e. The van der Waals surface area contributed by atoms with E-state index in [-0.39, 0.29) is 5.56 Å². The minimum atomic E-state index is -0.999. The van der Waals surface area contributed by atoms with E-state index < -0.39 is 17.7 Å². The Morgan fingerprint density at radius 3 is 2.75 bits per heavy atom. The lowest BCUT2D eigenvalue weighted by atomic mass is 9.94. The second-order valence-electron chi connectivity index (χ2n) is 3.55. The molecular formula is C12H15FO3. The van der Waals surface area contributed by atoms with Gasteiger partial charge in [0.1, 0.15) is 5.82 Å². The molecule has 1 rings (SSSR count). The summed E-state index contributed by atoms with van der Waals surface area (Å²) in [5.74, 6) is -2.26. The van der Waals surface area contributed by atoms with Crippen molar-refractivity contribution in [2.75, 3.05) is 13.7 Å². The standard InChI is InChI=1S/C12H15FO3/c1-16-8-4-6-10(12(14)15)9-5-2-3-7-11(9)13/h2-3,5,7,10H,4,6,8H2,1H3,(H,14,15). The molecule has 4 heteroatoms. The van der Waals surface area contributed by atoms with E-state index in [4.69, 9.17) is 9.84 Å². The average molecular weight is 226 g/mol. The van der Waals surface area contributed by atoms with Crippen LogP contribution in [0.4, 0.5) is 4.39 Å². The number of carbonyl (C=O) groups is 1. The zero-order valence-electron chi connectivity index (χ0n) is 9.15. The summed E-state index contributed by atoms with van der Waals surface area (Å²) in [4.78, 5) is 11.0. The van der Waals surface area contributed by atoms with Gasteiger partial charge < -0.3 is 9.84 Å². The second kappa shape index (κ2) is 6.23. The van der Waals surface area contributed by atoms with E-state index >= 15 is 0 Å². The maximum absolute atomic E-state index is 13.4. The van der Waals surface area contributed by atoms with Crippen molar-refractivity contribution in [2.45, 2.75) is 18.8 Å².